The van der Waals surface area contributed by atoms with E-state index in [0.717, 1.165) is 37.1 Å². The summed E-state index contributed by atoms with van der Waals surface area (Å²) in [5.74, 6) is 1.37. The van der Waals surface area contributed by atoms with E-state index in [1.165, 1.54) is 0 Å². The predicted octanol–water partition coefficient (Wildman–Crippen LogP) is 3.44. The maximum Gasteiger partial charge on any atom is 0.138 e. The molecule has 2 saturated heterocycles. The monoisotopic (exact) mass is 420 g/mol. The third-order valence-corrected chi connectivity index (χ3v) is 5.51. The van der Waals surface area contributed by atoms with E-state index in [9.17, 15) is 0 Å². The van der Waals surface area contributed by atoms with Gasteiger partial charge in [0.15, 0.2) is 0 Å². The van der Waals surface area contributed by atoms with E-state index < -0.39 is 0 Å². The van der Waals surface area contributed by atoms with E-state index in [1.807, 2.05) is 24.3 Å². The first-order valence-corrected chi connectivity index (χ1v) is 10.1. The van der Waals surface area contributed by atoms with E-state index >= 15 is 0 Å². The van der Waals surface area contributed by atoms with Crippen LogP contribution in [0.4, 0.5) is 0 Å². The lowest BCUT2D eigenvalue weighted by Crippen LogP contribution is -2.46. The zero-order valence-electron chi connectivity index (χ0n) is 15.3. The zero-order chi connectivity index (χ0) is 19.3. The molecule has 2 aromatic heterocycles. The van der Waals surface area contributed by atoms with Crippen molar-refractivity contribution in [2.45, 2.75) is 24.9 Å². The first-order valence-electron chi connectivity index (χ1n) is 9.39. The summed E-state index contributed by atoms with van der Waals surface area (Å²) in [4.78, 5) is 8.41. The van der Waals surface area contributed by atoms with Crippen molar-refractivity contribution in [3.05, 3.63) is 46.0 Å². The average molecular weight is 421 g/mol. The SMILES string of the molecule is Clc1ncc(OCC2CCN2)cc1/C=C/c1cc(OCC2CCN2)cnc1Cl. The van der Waals surface area contributed by atoms with Gasteiger partial charge in [0.05, 0.1) is 12.4 Å². The van der Waals surface area contributed by atoms with Crippen LogP contribution in [0.5, 0.6) is 11.5 Å². The molecule has 2 aromatic rings. The van der Waals surface area contributed by atoms with Gasteiger partial charge in [-0.15, -0.1) is 0 Å². The molecule has 0 radical (unpaired) electrons. The minimum absolute atomic E-state index is 0.401. The number of nitrogens with zero attached hydrogens (tertiary/aromatic N) is 2. The second kappa shape index (κ2) is 9.09. The van der Waals surface area contributed by atoms with Crippen molar-refractivity contribution in [1.82, 2.24) is 20.6 Å². The van der Waals surface area contributed by atoms with Crippen LogP contribution in [0.3, 0.4) is 0 Å². The van der Waals surface area contributed by atoms with E-state index in [2.05, 4.69) is 20.6 Å². The first kappa shape index (κ1) is 19.5. The molecule has 8 heteroatoms. The fourth-order valence-corrected chi connectivity index (χ4v) is 3.17. The van der Waals surface area contributed by atoms with Gasteiger partial charge in [0.2, 0.25) is 0 Å². The predicted molar refractivity (Wildman–Crippen MR) is 111 cm³/mol. The fourth-order valence-electron chi connectivity index (χ4n) is 2.84. The normalized spacial score (nSPS) is 21.2. The van der Waals surface area contributed by atoms with Crippen LogP contribution in [0.15, 0.2) is 24.5 Å². The second-order valence-corrected chi connectivity index (χ2v) is 7.65. The molecule has 28 heavy (non-hydrogen) atoms. The van der Waals surface area contributed by atoms with Gasteiger partial charge in [-0.2, -0.15) is 0 Å². The van der Waals surface area contributed by atoms with Crippen LogP contribution in [0.25, 0.3) is 12.2 Å². The molecular weight excluding hydrogens is 399 g/mol. The van der Waals surface area contributed by atoms with E-state index in [4.69, 9.17) is 32.7 Å². The van der Waals surface area contributed by atoms with Crippen LogP contribution in [0.1, 0.15) is 24.0 Å². The van der Waals surface area contributed by atoms with E-state index in [-0.39, 0.29) is 0 Å². The van der Waals surface area contributed by atoms with Gasteiger partial charge >= 0.3 is 0 Å². The Labute approximate surface area is 174 Å². The molecule has 0 amide bonds. The van der Waals surface area contributed by atoms with Gasteiger partial charge in [-0.25, -0.2) is 9.97 Å². The highest BCUT2D eigenvalue weighted by Crippen LogP contribution is 2.25. The van der Waals surface area contributed by atoms with Crippen LogP contribution in [0, 0.1) is 0 Å². The lowest BCUT2D eigenvalue weighted by Gasteiger charge is -2.27. The number of halogens is 2. The van der Waals surface area contributed by atoms with Crippen LogP contribution >= 0.6 is 23.2 Å². The Kier molecular flexibility index (Phi) is 6.32. The average Bonchev–Trinajstić information content (AvgIpc) is 2.61. The summed E-state index contributed by atoms with van der Waals surface area (Å²) >= 11 is 12.5. The molecule has 0 bridgehead atoms. The van der Waals surface area contributed by atoms with Gasteiger partial charge < -0.3 is 20.1 Å². The van der Waals surface area contributed by atoms with Crippen molar-refractivity contribution >= 4 is 35.4 Å². The van der Waals surface area contributed by atoms with Crippen molar-refractivity contribution in [2.24, 2.45) is 0 Å². The van der Waals surface area contributed by atoms with Gasteiger partial charge in [-0.1, -0.05) is 35.4 Å². The maximum absolute atomic E-state index is 6.23. The van der Waals surface area contributed by atoms with Crippen molar-refractivity contribution in [3.63, 3.8) is 0 Å². The molecule has 0 aliphatic carbocycles. The second-order valence-electron chi connectivity index (χ2n) is 6.94. The number of rotatable bonds is 8. The number of aromatic nitrogens is 2. The summed E-state index contributed by atoms with van der Waals surface area (Å²) in [7, 11) is 0. The molecule has 2 unspecified atom stereocenters. The highest BCUT2D eigenvalue weighted by atomic mass is 35.5. The summed E-state index contributed by atoms with van der Waals surface area (Å²) in [5, 5.41) is 7.40. The summed E-state index contributed by atoms with van der Waals surface area (Å²) < 4.78 is 11.6. The highest BCUT2D eigenvalue weighted by Gasteiger charge is 2.17. The number of pyridine rings is 2. The van der Waals surface area contributed by atoms with E-state index in [0.29, 0.717) is 47.1 Å². The van der Waals surface area contributed by atoms with Crippen LogP contribution in [-0.2, 0) is 0 Å². The molecule has 4 heterocycles. The molecule has 2 aliphatic heterocycles. The third-order valence-electron chi connectivity index (χ3n) is 4.88. The summed E-state index contributed by atoms with van der Waals surface area (Å²) in [6.07, 6.45) is 9.24. The Morgan fingerprint density at radius 3 is 1.64 bits per heavy atom. The van der Waals surface area contributed by atoms with Gasteiger partial charge in [0.1, 0.15) is 35.0 Å². The van der Waals surface area contributed by atoms with E-state index in [1.54, 1.807) is 12.4 Å². The fraction of sp³-hybridized carbons (Fsp3) is 0.400. The quantitative estimate of drug-likeness (QED) is 0.637. The Hall–Kier alpha value is -1.86. The highest BCUT2D eigenvalue weighted by molar-refractivity contribution is 6.31. The standard InChI is InChI=1S/C20H22Cl2N4O2/c21-19-13(7-17(9-25-19)27-11-15-3-5-23-15)1-2-14-8-18(10-26-20(14)22)28-12-16-4-6-24-16/h1-2,7-10,15-16,23-24H,3-6,11-12H2/b2-1+. The van der Waals surface area contributed by atoms with Crippen molar-refractivity contribution in [3.8, 4) is 11.5 Å². The van der Waals surface area contributed by atoms with Crippen molar-refractivity contribution in [1.29, 1.82) is 0 Å². The number of ether oxygens (including phenoxy) is 2. The van der Waals surface area contributed by atoms with Gasteiger partial charge in [0.25, 0.3) is 0 Å². The largest absolute Gasteiger partial charge is 0.490 e. The number of hydrogen-bond acceptors (Lipinski definition) is 6. The molecule has 0 saturated carbocycles. The Morgan fingerprint density at radius 1 is 0.857 bits per heavy atom. The minimum atomic E-state index is 0.401. The minimum Gasteiger partial charge on any atom is -0.490 e. The number of hydrogen-bond donors (Lipinski definition) is 2. The number of nitrogens with one attached hydrogen (secondary N) is 2. The zero-order valence-corrected chi connectivity index (χ0v) is 16.8. The summed E-state index contributed by atoms with van der Waals surface area (Å²) in [5.41, 5.74) is 1.50. The maximum atomic E-state index is 6.23. The van der Waals surface area contributed by atoms with Crippen molar-refractivity contribution < 1.29 is 9.47 Å². The summed E-state index contributed by atoms with van der Waals surface area (Å²) in [6, 6.07) is 4.57. The first-order chi connectivity index (χ1) is 13.7. The molecule has 0 spiro atoms. The molecule has 6 nitrogen and oxygen atoms in total. The van der Waals surface area contributed by atoms with Gasteiger partial charge in [-0.05, 0) is 38.1 Å². The van der Waals surface area contributed by atoms with Crippen LogP contribution in [-0.4, -0.2) is 48.4 Å². The van der Waals surface area contributed by atoms with Crippen LogP contribution < -0.4 is 20.1 Å². The molecule has 148 valence electrons. The smallest absolute Gasteiger partial charge is 0.138 e. The molecule has 0 aromatic carbocycles. The van der Waals surface area contributed by atoms with Gasteiger partial charge in [-0.3, -0.25) is 0 Å². The lowest BCUT2D eigenvalue weighted by molar-refractivity contribution is 0.217. The summed E-state index contributed by atoms with van der Waals surface area (Å²) in [6.45, 7) is 3.35. The molecule has 2 fully saturated rings. The Balaban J connectivity index is 1.43. The van der Waals surface area contributed by atoms with Crippen LogP contribution in [0.2, 0.25) is 10.3 Å². The third kappa shape index (κ3) is 4.94. The molecule has 2 aliphatic rings. The Morgan fingerprint density at radius 2 is 1.29 bits per heavy atom. The molecule has 4 rings (SSSR count). The topological polar surface area (TPSA) is 68.3 Å². The molecule has 2 atom stereocenters. The lowest BCUT2D eigenvalue weighted by atomic mass is 10.1. The molecular formula is C20H22Cl2N4O2. The molecule has 2 N–H and O–H groups in total. The van der Waals surface area contributed by atoms with Crippen molar-refractivity contribution in [2.75, 3.05) is 26.3 Å². The van der Waals surface area contributed by atoms with Gasteiger partial charge in [0, 0.05) is 23.2 Å². The Bertz CT molecular complexity index is 785.